The van der Waals surface area contributed by atoms with E-state index in [4.69, 9.17) is 15.7 Å². The molecule has 17 heavy (non-hydrogen) atoms. The van der Waals surface area contributed by atoms with Gasteiger partial charge in [0.15, 0.2) is 0 Å². The summed E-state index contributed by atoms with van der Waals surface area (Å²) in [6, 6.07) is 7.25. The van der Waals surface area contributed by atoms with E-state index in [1.807, 2.05) is 0 Å². The van der Waals surface area contributed by atoms with E-state index < -0.39 is 0 Å². The van der Waals surface area contributed by atoms with Crippen LogP contribution in [0.3, 0.4) is 0 Å². The Bertz CT molecular complexity index is 452. The number of methoxy groups -OCH3 is 1. The number of carbonyl (C=O) groups is 1. The quantitative estimate of drug-likeness (QED) is 0.802. The van der Waals surface area contributed by atoms with Crippen LogP contribution in [0.2, 0.25) is 0 Å². The number of nitriles is 1. The van der Waals surface area contributed by atoms with Crippen LogP contribution in [0, 0.1) is 11.3 Å². The number of benzene rings is 1. The van der Waals surface area contributed by atoms with E-state index in [1.54, 1.807) is 37.3 Å². The number of nitrogens with two attached hydrogens (primary N) is 1. The second-order valence-electron chi connectivity index (χ2n) is 3.78. The van der Waals surface area contributed by atoms with Crippen LogP contribution < -0.4 is 10.5 Å². The van der Waals surface area contributed by atoms with Crippen LogP contribution >= 0.6 is 0 Å². The van der Waals surface area contributed by atoms with Gasteiger partial charge in [-0.25, -0.2) is 0 Å². The maximum Gasteiger partial charge on any atom is 0.231 e. The molecule has 5 nitrogen and oxygen atoms in total. The summed E-state index contributed by atoms with van der Waals surface area (Å²) in [5, 5.41) is 8.83. The van der Waals surface area contributed by atoms with Crippen molar-refractivity contribution in [3.8, 4) is 11.8 Å². The summed E-state index contributed by atoms with van der Waals surface area (Å²) < 4.78 is 5.20. The smallest absolute Gasteiger partial charge is 0.231 e. The first-order valence-electron chi connectivity index (χ1n) is 5.10. The number of rotatable bonds is 5. The van der Waals surface area contributed by atoms with Crippen LogP contribution in [0.15, 0.2) is 18.2 Å². The highest BCUT2D eigenvalue weighted by Crippen LogP contribution is 2.20. The zero-order chi connectivity index (χ0) is 12.8. The highest BCUT2D eigenvalue weighted by molar-refractivity contribution is 5.75. The average Bonchev–Trinajstić information content (AvgIpc) is 2.27. The maximum atomic E-state index is 10.8. The molecule has 0 spiro atoms. The highest BCUT2D eigenvalue weighted by Gasteiger charge is 2.09. The molecule has 0 radical (unpaired) electrons. The molecule has 0 unspecified atom stereocenters. The van der Waals surface area contributed by atoms with Crippen LogP contribution in [0.5, 0.6) is 5.75 Å². The fraction of sp³-hybridized carbons (Fsp3) is 0.333. The normalized spacial score (nSPS) is 10.0. The summed E-state index contributed by atoms with van der Waals surface area (Å²) in [5.74, 6) is 0.309. The van der Waals surface area contributed by atoms with E-state index in [1.165, 1.54) is 0 Å². The van der Waals surface area contributed by atoms with Gasteiger partial charge in [-0.15, -0.1) is 0 Å². The van der Waals surface area contributed by atoms with Crippen molar-refractivity contribution < 1.29 is 9.53 Å². The summed E-state index contributed by atoms with van der Waals surface area (Å²) in [7, 11) is 3.35. The molecule has 0 fully saturated rings. The molecule has 2 N–H and O–H groups in total. The molecule has 1 amide bonds. The molecule has 0 aromatic heterocycles. The predicted octanol–water partition coefficient (Wildman–Crippen LogP) is 0.484. The first-order chi connectivity index (χ1) is 8.06. The van der Waals surface area contributed by atoms with Gasteiger partial charge < -0.3 is 10.5 Å². The van der Waals surface area contributed by atoms with Gasteiger partial charge >= 0.3 is 0 Å². The Hall–Kier alpha value is -2.06. The third-order valence-electron chi connectivity index (χ3n) is 2.28. The lowest BCUT2D eigenvalue weighted by Gasteiger charge is -2.16. The zero-order valence-corrected chi connectivity index (χ0v) is 9.93. The van der Waals surface area contributed by atoms with Crippen LogP contribution in [-0.2, 0) is 11.3 Å². The van der Waals surface area contributed by atoms with Crippen molar-refractivity contribution in [1.29, 1.82) is 5.26 Å². The number of likely N-dealkylation sites (N-methyl/N-ethyl adjacent to an activating group) is 1. The first-order valence-corrected chi connectivity index (χ1v) is 5.10. The third kappa shape index (κ3) is 3.78. The Morgan fingerprint density at radius 3 is 2.82 bits per heavy atom. The molecule has 90 valence electrons. The van der Waals surface area contributed by atoms with Crippen molar-refractivity contribution in [1.82, 2.24) is 4.90 Å². The lowest BCUT2D eigenvalue weighted by atomic mass is 10.1. The standard InChI is InChI=1S/C12H15N3O2/c1-15(8-12(14)16)7-10-5-9(6-13)3-4-11(10)17-2/h3-5H,7-8H2,1-2H3,(H2,14,16). The number of ether oxygens (including phenoxy) is 1. The van der Waals surface area contributed by atoms with Gasteiger partial charge in [-0.1, -0.05) is 0 Å². The Balaban J connectivity index is 2.88. The molecule has 0 saturated heterocycles. The van der Waals surface area contributed by atoms with Gasteiger partial charge in [0.05, 0.1) is 25.3 Å². The molecule has 1 aromatic rings. The fourth-order valence-electron chi connectivity index (χ4n) is 1.58. The molecule has 0 atom stereocenters. The Labute approximate surface area is 100 Å². The van der Waals surface area contributed by atoms with E-state index in [9.17, 15) is 4.79 Å². The Morgan fingerprint density at radius 1 is 1.59 bits per heavy atom. The van der Waals surface area contributed by atoms with Crippen LogP contribution in [0.1, 0.15) is 11.1 Å². The summed E-state index contributed by atoms with van der Waals surface area (Å²) in [4.78, 5) is 12.5. The van der Waals surface area contributed by atoms with Crippen molar-refractivity contribution in [3.63, 3.8) is 0 Å². The van der Waals surface area contributed by atoms with E-state index in [0.717, 1.165) is 5.56 Å². The molecule has 1 aromatic carbocycles. The van der Waals surface area contributed by atoms with Gasteiger partial charge in [-0.3, -0.25) is 9.69 Å². The zero-order valence-electron chi connectivity index (χ0n) is 9.93. The third-order valence-corrected chi connectivity index (χ3v) is 2.28. The first kappa shape index (κ1) is 13.0. The highest BCUT2D eigenvalue weighted by atomic mass is 16.5. The van der Waals surface area contributed by atoms with Gasteiger partial charge in [-0.05, 0) is 25.2 Å². The second-order valence-corrected chi connectivity index (χ2v) is 3.78. The molecular weight excluding hydrogens is 218 g/mol. The Kier molecular flexibility index (Phi) is 4.49. The minimum Gasteiger partial charge on any atom is -0.496 e. The number of nitrogens with zero attached hydrogens (tertiary/aromatic N) is 2. The fourth-order valence-corrected chi connectivity index (χ4v) is 1.58. The molecule has 1 rings (SSSR count). The number of amides is 1. The van der Waals surface area contributed by atoms with Gasteiger partial charge in [0.2, 0.25) is 5.91 Å². The van der Waals surface area contributed by atoms with Gasteiger partial charge in [0.1, 0.15) is 5.75 Å². The van der Waals surface area contributed by atoms with E-state index in [0.29, 0.717) is 17.9 Å². The minimum atomic E-state index is -0.386. The van der Waals surface area contributed by atoms with Crippen molar-refractivity contribution in [2.75, 3.05) is 20.7 Å². The minimum absolute atomic E-state index is 0.167. The molecular formula is C12H15N3O2. The molecule has 0 aliphatic rings. The maximum absolute atomic E-state index is 10.8. The van der Waals surface area contributed by atoms with Crippen molar-refractivity contribution >= 4 is 5.91 Å². The summed E-state index contributed by atoms with van der Waals surface area (Å²) in [5.41, 5.74) is 6.53. The SMILES string of the molecule is COc1ccc(C#N)cc1CN(C)CC(N)=O. The number of carbonyl (C=O) groups excluding carboxylic acids is 1. The lowest BCUT2D eigenvalue weighted by Crippen LogP contribution is -2.30. The summed E-state index contributed by atoms with van der Waals surface area (Å²) >= 11 is 0. The van der Waals surface area contributed by atoms with Crippen LogP contribution in [0.25, 0.3) is 0 Å². The van der Waals surface area contributed by atoms with Crippen molar-refractivity contribution in [3.05, 3.63) is 29.3 Å². The molecule has 0 aliphatic carbocycles. The number of primary amides is 1. The molecule has 0 heterocycles. The van der Waals surface area contributed by atoms with Crippen molar-refractivity contribution in [2.45, 2.75) is 6.54 Å². The van der Waals surface area contributed by atoms with E-state index in [2.05, 4.69) is 6.07 Å². The van der Waals surface area contributed by atoms with Gasteiger partial charge in [0, 0.05) is 12.1 Å². The van der Waals surface area contributed by atoms with Gasteiger partial charge in [0.25, 0.3) is 0 Å². The van der Waals surface area contributed by atoms with Gasteiger partial charge in [-0.2, -0.15) is 5.26 Å². The summed E-state index contributed by atoms with van der Waals surface area (Å²) in [6.45, 7) is 0.668. The molecule has 0 aliphatic heterocycles. The van der Waals surface area contributed by atoms with Crippen LogP contribution in [-0.4, -0.2) is 31.5 Å². The number of hydrogen-bond donors (Lipinski definition) is 1. The summed E-state index contributed by atoms with van der Waals surface area (Å²) in [6.07, 6.45) is 0. The number of hydrogen-bond acceptors (Lipinski definition) is 4. The molecule has 0 bridgehead atoms. The predicted molar refractivity (Wildman–Crippen MR) is 63.2 cm³/mol. The largest absolute Gasteiger partial charge is 0.496 e. The molecule has 5 heteroatoms. The molecule has 0 saturated carbocycles. The monoisotopic (exact) mass is 233 g/mol. The topological polar surface area (TPSA) is 79.3 Å². The lowest BCUT2D eigenvalue weighted by molar-refractivity contribution is -0.118. The van der Waals surface area contributed by atoms with E-state index in [-0.39, 0.29) is 12.5 Å². The van der Waals surface area contributed by atoms with Crippen LogP contribution in [0.4, 0.5) is 0 Å². The van der Waals surface area contributed by atoms with Crippen molar-refractivity contribution in [2.24, 2.45) is 5.73 Å². The van der Waals surface area contributed by atoms with E-state index >= 15 is 0 Å². The Morgan fingerprint density at radius 2 is 2.29 bits per heavy atom. The average molecular weight is 233 g/mol. The second kappa shape index (κ2) is 5.87.